The summed E-state index contributed by atoms with van der Waals surface area (Å²) < 4.78 is 33.7. The van der Waals surface area contributed by atoms with Crippen LogP contribution in [0.15, 0.2) is 12.1 Å². The van der Waals surface area contributed by atoms with Crippen LogP contribution in [-0.4, -0.2) is 49.1 Å². The third-order valence-corrected chi connectivity index (χ3v) is 5.35. The van der Waals surface area contributed by atoms with Gasteiger partial charge in [0.25, 0.3) is 0 Å². The van der Waals surface area contributed by atoms with Crippen LogP contribution in [0.2, 0.25) is 0 Å². The van der Waals surface area contributed by atoms with Gasteiger partial charge in [0, 0.05) is 13.1 Å². The van der Waals surface area contributed by atoms with E-state index in [0.29, 0.717) is 0 Å². The SMILES string of the molecule is CC1CN(S(=O)(=O)Nc2ccc(C(=O)O)s2)CC(C)O1. The van der Waals surface area contributed by atoms with Crippen LogP contribution in [-0.2, 0) is 14.9 Å². The minimum atomic E-state index is -3.69. The molecule has 2 heterocycles. The van der Waals surface area contributed by atoms with Crippen molar-refractivity contribution < 1.29 is 23.1 Å². The zero-order chi connectivity index (χ0) is 14.9. The number of hydrogen-bond donors (Lipinski definition) is 2. The molecule has 0 bridgehead atoms. The van der Waals surface area contributed by atoms with E-state index in [1.54, 1.807) is 0 Å². The van der Waals surface area contributed by atoms with E-state index in [9.17, 15) is 13.2 Å². The zero-order valence-electron chi connectivity index (χ0n) is 11.1. The molecule has 2 atom stereocenters. The summed E-state index contributed by atoms with van der Waals surface area (Å²) in [6.07, 6.45) is -0.346. The highest BCUT2D eigenvalue weighted by atomic mass is 32.2. The standard InChI is InChI=1S/C11H16N2O5S2/c1-7-5-13(6-8(2)18-7)20(16,17)12-10-4-3-9(19-10)11(14)15/h3-4,7-8,12H,5-6H2,1-2H3,(H,14,15). The molecule has 9 heteroatoms. The Balaban J connectivity index is 2.11. The third kappa shape index (κ3) is 3.48. The number of morpholine rings is 1. The second kappa shape index (κ2) is 5.68. The first-order valence-electron chi connectivity index (χ1n) is 6.04. The minimum absolute atomic E-state index is 0.0893. The average Bonchev–Trinajstić information content (AvgIpc) is 2.75. The van der Waals surface area contributed by atoms with Gasteiger partial charge in [0.15, 0.2) is 0 Å². The third-order valence-electron chi connectivity index (χ3n) is 2.77. The van der Waals surface area contributed by atoms with E-state index in [2.05, 4.69) is 4.72 Å². The predicted molar refractivity (Wildman–Crippen MR) is 75.4 cm³/mol. The summed E-state index contributed by atoms with van der Waals surface area (Å²) in [6.45, 7) is 4.17. The van der Waals surface area contributed by atoms with Crippen molar-refractivity contribution in [1.82, 2.24) is 4.31 Å². The first-order chi connectivity index (χ1) is 9.28. The number of carboxylic acid groups (broad SMARTS) is 1. The van der Waals surface area contributed by atoms with Gasteiger partial charge in [-0.2, -0.15) is 12.7 Å². The lowest BCUT2D eigenvalue weighted by molar-refractivity contribution is -0.0439. The molecule has 0 saturated carbocycles. The van der Waals surface area contributed by atoms with E-state index in [1.165, 1.54) is 16.4 Å². The molecule has 2 N–H and O–H groups in total. The lowest BCUT2D eigenvalue weighted by atomic mass is 10.3. The Morgan fingerprint density at radius 2 is 2.00 bits per heavy atom. The summed E-state index contributed by atoms with van der Waals surface area (Å²) in [4.78, 5) is 10.9. The highest BCUT2D eigenvalue weighted by molar-refractivity contribution is 7.90. The smallest absolute Gasteiger partial charge is 0.345 e. The van der Waals surface area contributed by atoms with Gasteiger partial charge in [-0.1, -0.05) is 0 Å². The monoisotopic (exact) mass is 320 g/mol. The first kappa shape index (κ1) is 15.2. The van der Waals surface area contributed by atoms with Gasteiger partial charge in [0.2, 0.25) is 0 Å². The Kier molecular flexibility index (Phi) is 4.33. The Morgan fingerprint density at radius 3 is 2.50 bits per heavy atom. The summed E-state index contributed by atoms with van der Waals surface area (Å²) in [5.41, 5.74) is 0. The Labute approximate surface area is 121 Å². The van der Waals surface area contributed by atoms with Crippen LogP contribution < -0.4 is 4.72 Å². The Morgan fingerprint density at radius 1 is 1.40 bits per heavy atom. The fraction of sp³-hybridized carbons (Fsp3) is 0.545. The summed E-state index contributed by atoms with van der Waals surface area (Å²) >= 11 is 0.886. The average molecular weight is 320 g/mol. The second-order valence-corrected chi connectivity index (χ2v) is 7.40. The molecule has 0 radical (unpaired) electrons. The van der Waals surface area contributed by atoms with E-state index in [-0.39, 0.29) is 35.2 Å². The molecule has 1 aromatic heterocycles. The van der Waals surface area contributed by atoms with Crippen molar-refractivity contribution in [3.63, 3.8) is 0 Å². The first-order valence-corrected chi connectivity index (χ1v) is 8.30. The van der Waals surface area contributed by atoms with Crippen LogP contribution in [0.5, 0.6) is 0 Å². The van der Waals surface area contributed by atoms with Crippen LogP contribution in [0, 0.1) is 0 Å². The van der Waals surface area contributed by atoms with Crippen LogP contribution in [0.1, 0.15) is 23.5 Å². The van der Waals surface area contributed by atoms with Crippen molar-refractivity contribution in [1.29, 1.82) is 0 Å². The summed E-state index contributed by atoms with van der Waals surface area (Å²) in [5, 5.41) is 9.11. The van der Waals surface area contributed by atoms with E-state index in [4.69, 9.17) is 9.84 Å². The van der Waals surface area contributed by atoms with Crippen molar-refractivity contribution in [2.24, 2.45) is 0 Å². The molecule has 20 heavy (non-hydrogen) atoms. The summed E-state index contributed by atoms with van der Waals surface area (Å²) in [7, 11) is -3.69. The molecule has 1 aliphatic rings. The number of carbonyl (C=O) groups is 1. The van der Waals surface area contributed by atoms with Gasteiger partial charge < -0.3 is 9.84 Å². The molecule has 2 unspecified atom stereocenters. The molecule has 1 aliphatic heterocycles. The van der Waals surface area contributed by atoms with Crippen LogP contribution in [0.4, 0.5) is 5.00 Å². The van der Waals surface area contributed by atoms with Gasteiger partial charge in [0.05, 0.1) is 12.2 Å². The molecular formula is C11H16N2O5S2. The summed E-state index contributed by atoms with van der Waals surface area (Å²) in [5.74, 6) is -1.07. The minimum Gasteiger partial charge on any atom is -0.477 e. The Hall–Kier alpha value is -1.16. The fourth-order valence-electron chi connectivity index (χ4n) is 2.03. The summed E-state index contributed by atoms with van der Waals surface area (Å²) in [6, 6.07) is 2.81. The number of nitrogens with one attached hydrogen (secondary N) is 1. The maximum atomic E-state index is 12.2. The molecule has 1 saturated heterocycles. The highest BCUT2D eigenvalue weighted by Gasteiger charge is 2.31. The number of aromatic carboxylic acids is 1. The largest absolute Gasteiger partial charge is 0.477 e. The molecule has 0 amide bonds. The van der Waals surface area contributed by atoms with E-state index in [0.717, 1.165) is 11.3 Å². The van der Waals surface area contributed by atoms with E-state index in [1.807, 2.05) is 13.8 Å². The second-order valence-electron chi connectivity index (χ2n) is 4.65. The van der Waals surface area contributed by atoms with E-state index >= 15 is 0 Å². The van der Waals surface area contributed by atoms with Gasteiger partial charge >= 0.3 is 16.2 Å². The molecule has 7 nitrogen and oxygen atoms in total. The number of ether oxygens (including phenoxy) is 1. The number of thiophene rings is 1. The van der Waals surface area contributed by atoms with Crippen molar-refractivity contribution in [2.45, 2.75) is 26.1 Å². The lowest BCUT2D eigenvalue weighted by Crippen LogP contribution is -2.49. The van der Waals surface area contributed by atoms with Crippen molar-refractivity contribution >= 4 is 32.5 Å². The zero-order valence-corrected chi connectivity index (χ0v) is 12.7. The molecule has 2 rings (SSSR count). The van der Waals surface area contributed by atoms with E-state index < -0.39 is 16.2 Å². The van der Waals surface area contributed by atoms with Gasteiger partial charge in [0.1, 0.15) is 9.88 Å². The van der Waals surface area contributed by atoms with Crippen LogP contribution in [0.3, 0.4) is 0 Å². The maximum Gasteiger partial charge on any atom is 0.345 e. The number of carboxylic acids is 1. The highest BCUT2D eigenvalue weighted by Crippen LogP contribution is 2.24. The van der Waals surface area contributed by atoms with Crippen LogP contribution in [0.25, 0.3) is 0 Å². The molecule has 1 fully saturated rings. The van der Waals surface area contributed by atoms with Gasteiger partial charge in [-0.25, -0.2) is 4.79 Å². The molecule has 1 aromatic rings. The van der Waals surface area contributed by atoms with Gasteiger partial charge in [-0.05, 0) is 26.0 Å². The number of rotatable bonds is 4. The molecule has 0 aromatic carbocycles. The van der Waals surface area contributed by atoms with Crippen molar-refractivity contribution in [3.8, 4) is 0 Å². The molecule has 0 spiro atoms. The van der Waals surface area contributed by atoms with Gasteiger partial charge in [-0.15, -0.1) is 11.3 Å². The lowest BCUT2D eigenvalue weighted by Gasteiger charge is -2.34. The topological polar surface area (TPSA) is 95.9 Å². The van der Waals surface area contributed by atoms with Gasteiger partial charge in [-0.3, -0.25) is 4.72 Å². The fourth-order valence-corrected chi connectivity index (χ4v) is 4.37. The van der Waals surface area contributed by atoms with Crippen molar-refractivity contribution in [3.05, 3.63) is 17.0 Å². The van der Waals surface area contributed by atoms with Crippen molar-refractivity contribution in [2.75, 3.05) is 17.8 Å². The Bertz CT molecular complexity index is 588. The number of hydrogen-bond acceptors (Lipinski definition) is 5. The molecular weight excluding hydrogens is 304 g/mol. The normalized spacial score (nSPS) is 24.5. The molecule has 0 aliphatic carbocycles. The number of anilines is 1. The maximum absolute atomic E-state index is 12.2. The van der Waals surface area contributed by atoms with Crippen LogP contribution >= 0.6 is 11.3 Å². The molecule has 112 valence electrons. The quantitative estimate of drug-likeness (QED) is 0.869. The predicted octanol–water partition coefficient (Wildman–Crippen LogP) is 1.21. The number of nitrogens with zero attached hydrogens (tertiary/aromatic N) is 1.